The van der Waals surface area contributed by atoms with Crippen LogP contribution in [0.15, 0.2) is 85.1 Å². The van der Waals surface area contributed by atoms with E-state index in [1.807, 2.05) is 39.4 Å². The Morgan fingerprint density at radius 2 is 0.903 bits per heavy atom. The second kappa shape index (κ2) is 51.7. The van der Waals surface area contributed by atoms with E-state index in [1.54, 1.807) is 0 Å². The van der Waals surface area contributed by atoms with Crippen LogP contribution < -0.4 is 5.32 Å². The third-order valence-electron chi connectivity index (χ3n) is 12.6. The fraction of sp³-hybridized carbons (Fsp3) is 0.742. The maximum absolute atomic E-state index is 13.5. The number of phosphoric acid groups is 1. The molecule has 2 N–H and O–H groups in total. The first kappa shape index (κ1) is 69.2. The highest BCUT2D eigenvalue weighted by Gasteiger charge is 2.30. The van der Waals surface area contributed by atoms with Crippen molar-refractivity contribution in [2.75, 3.05) is 40.9 Å². The molecule has 0 fully saturated rings. The largest absolute Gasteiger partial charge is 0.472 e. The molecule has 10 heteroatoms. The van der Waals surface area contributed by atoms with E-state index in [-0.39, 0.29) is 25.5 Å². The number of rotatable bonds is 52. The number of esters is 1. The van der Waals surface area contributed by atoms with Gasteiger partial charge < -0.3 is 19.4 Å². The van der Waals surface area contributed by atoms with Crippen LogP contribution in [0, 0.1) is 0 Å². The fourth-order valence-electron chi connectivity index (χ4n) is 8.08. The summed E-state index contributed by atoms with van der Waals surface area (Å²) < 4.78 is 30.6. The maximum atomic E-state index is 13.5. The smallest absolute Gasteiger partial charge is 0.456 e. The number of quaternary nitrogens is 1. The molecular weight excluding hydrogens is 916 g/mol. The number of hydrogen-bond acceptors (Lipinski definition) is 6. The molecular formula is C62H112N2O7P+. The summed E-state index contributed by atoms with van der Waals surface area (Å²) in [5.41, 5.74) is 0. The van der Waals surface area contributed by atoms with Gasteiger partial charge in [-0.15, -0.1) is 0 Å². The molecule has 3 atom stereocenters. The minimum Gasteiger partial charge on any atom is -0.456 e. The Kier molecular flexibility index (Phi) is 49.6. The van der Waals surface area contributed by atoms with Gasteiger partial charge in [-0.3, -0.25) is 18.6 Å². The van der Waals surface area contributed by atoms with Crippen LogP contribution in [0.2, 0.25) is 0 Å². The Balaban J connectivity index is 5.44. The fourth-order valence-corrected chi connectivity index (χ4v) is 8.82. The first-order valence-electron chi connectivity index (χ1n) is 29.4. The van der Waals surface area contributed by atoms with Crippen molar-refractivity contribution in [3.8, 4) is 0 Å². The highest BCUT2D eigenvalue weighted by Crippen LogP contribution is 2.43. The van der Waals surface area contributed by atoms with E-state index >= 15 is 0 Å². The first-order chi connectivity index (χ1) is 34.9. The number of amides is 1. The minimum absolute atomic E-state index is 0.0271. The number of ether oxygens (including phenoxy) is 1. The number of nitrogens with one attached hydrogen (secondary N) is 1. The molecule has 416 valence electrons. The lowest BCUT2D eigenvalue weighted by Gasteiger charge is -2.27. The lowest BCUT2D eigenvalue weighted by molar-refractivity contribution is -0.870. The van der Waals surface area contributed by atoms with Crippen LogP contribution in [0.4, 0.5) is 0 Å². The first-order valence-corrected chi connectivity index (χ1v) is 30.9. The molecule has 0 aromatic heterocycles. The van der Waals surface area contributed by atoms with Crippen LogP contribution in [0.25, 0.3) is 0 Å². The number of unbranched alkanes of at least 4 members (excludes halogenated alkanes) is 24. The highest BCUT2D eigenvalue weighted by molar-refractivity contribution is 7.47. The lowest BCUT2D eigenvalue weighted by Crippen LogP contribution is -2.47. The van der Waals surface area contributed by atoms with Crippen LogP contribution in [-0.2, 0) is 27.9 Å². The van der Waals surface area contributed by atoms with Gasteiger partial charge in [-0.2, -0.15) is 0 Å². The third kappa shape index (κ3) is 52.1. The van der Waals surface area contributed by atoms with E-state index in [1.165, 1.54) is 128 Å². The van der Waals surface area contributed by atoms with Gasteiger partial charge in [0.25, 0.3) is 0 Å². The molecule has 0 aliphatic carbocycles. The van der Waals surface area contributed by atoms with Gasteiger partial charge in [-0.1, -0.05) is 247 Å². The molecule has 0 bridgehead atoms. The summed E-state index contributed by atoms with van der Waals surface area (Å²) in [5, 5.41) is 3.03. The average Bonchev–Trinajstić information content (AvgIpc) is 3.34. The number of allylic oxidation sites excluding steroid dienone is 13. The number of nitrogens with zero attached hydrogens (tertiary/aromatic N) is 1. The minimum atomic E-state index is -4.46. The Bertz CT molecular complexity index is 1510. The Labute approximate surface area is 444 Å². The summed E-state index contributed by atoms with van der Waals surface area (Å²) in [6, 6.07) is -0.880. The van der Waals surface area contributed by atoms with Crippen molar-refractivity contribution in [3.05, 3.63) is 85.1 Å². The summed E-state index contributed by atoms with van der Waals surface area (Å²) in [7, 11) is 1.45. The predicted molar refractivity (Wildman–Crippen MR) is 309 cm³/mol. The number of likely N-dealkylation sites (N-methyl/N-ethyl adjacent to an activating group) is 1. The summed E-state index contributed by atoms with van der Waals surface area (Å²) >= 11 is 0. The van der Waals surface area contributed by atoms with Crippen LogP contribution in [0.3, 0.4) is 0 Å². The Hall–Kier alpha value is -2.81. The van der Waals surface area contributed by atoms with Gasteiger partial charge in [-0.05, 0) is 70.3 Å². The van der Waals surface area contributed by atoms with Crippen molar-refractivity contribution < 1.29 is 37.3 Å². The highest BCUT2D eigenvalue weighted by atomic mass is 31.2. The predicted octanol–water partition coefficient (Wildman–Crippen LogP) is 17.8. The molecule has 0 aliphatic heterocycles. The van der Waals surface area contributed by atoms with Crippen LogP contribution in [-0.4, -0.2) is 74.3 Å². The van der Waals surface area contributed by atoms with E-state index in [9.17, 15) is 19.0 Å². The van der Waals surface area contributed by atoms with E-state index in [0.29, 0.717) is 23.9 Å². The average molecular weight is 1030 g/mol. The zero-order chi connectivity index (χ0) is 52.9. The summed E-state index contributed by atoms with van der Waals surface area (Å²) in [6.45, 7) is 6.85. The number of carbonyl (C=O) groups is 2. The summed E-state index contributed by atoms with van der Waals surface area (Å²) in [4.78, 5) is 37.6. The zero-order valence-corrected chi connectivity index (χ0v) is 48.3. The Morgan fingerprint density at radius 1 is 0.500 bits per heavy atom. The number of hydrogen-bond donors (Lipinski definition) is 2. The topological polar surface area (TPSA) is 111 Å². The maximum Gasteiger partial charge on any atom is 0.472 e. The molecule has 1 amide bonds. The standard InChI is InChI=1S/C62H111N2O7P/c1-7-10-13-16-19-22-25-28-30-31-32-33-35-37-40-43-46-49-52-55-62(66)71-60(53-50-47-44-41-38-27-24-21-18-15-12-9-3)59(58-70-72(67,68)69-57-56-64(4,5)6)63-61(65)54-51-48-45-42-39-36-34-29-26-23-20-17-14-11-8-2/h10,13,19,22,28,30,32-33,37,40,46,49-50,53,59-60H,7-9,11-12,14-18,20-21,23-27,29,31,34-36,38-39,41-45,47-48,51-52,54-58H2,1-6H3,(H-,63,65,67,68)/p+1/b13-10-,22-19-,30-28-,33-32-,40-37-,49-46-,53-50+. The van der Waals surface area contributed by atoms with Gasteiger partial charge in [0.1, 0.15) is 19.3 Å². The van der Waals surface area contributed by atoms with Gasteiger partial charge in [-0.25, -0.2) is 4.57 Å². The van der Waals surface area contributed by atoms with Crippen molar-refractivity contribution in [3.63, 3.8) is 0 Å². The van der Waals surface area contributed by atoms with Gasteiger partial charge in [0.05, 0.1) is 33.8 Å². The van der Waals surface area contributed by atoms with Gasteiger partial charge >= 0.3 is 13.8 Å². The lowest BCUT2D eigenvalue weighted by atomic mass is 10.0. The quantitative estimate of drug-likeness (QED) is 0.0205. The van der Waals surface area contributed by atoms with E-state index in [0.717, 1.165) is 77.0 Å². The molecule has 0 aliphatic rings. The van der Waals surface area contributed by atoms with Gasteiger partial charge in [0.15, 0.2) is 0 Å². The molecule has 0 aromatic carbocycles. The summed E-state index contributed by atoms with van der Waals surface area (Å²) in [5.74, 6) is -0.602. The summed E-state index contributed by atoms with van der Waals surface area (Å²) in [6.07, 6.45) is 67.3. The molecule has 3 unspecified atom stereocenters. The molecule has 0 saturated heterocycles. The molecule has 0 rings (SSSR count). The van der Waals surface area contributed by atoms with Crippen LogP contribution >= 0.6 is 7.82 Å². The van der Waals surface area contributed by atoms with Crippen molar-refractivity contribution >= 4 is 19.7 Å². The van der Waals surface area contributed by atoms with E-state index in [2.05, 4.69) is 92.9 Å². The molecule has 0 heterocycles. The molecule has 0 radical (unpaired) electrons. The molecule has 0 aromatic rings. The molecule has 0 saturated carbocycles. The van der Waals surface area contributed by atoms with E-state index < -0.39 is 25.9 Å². The van der Waals surface area contributed by atoms with Crippen molar-refractivity contribution in [2.45, 2.75) is 258 Å². The zero-order valence-electron chi connectivity index (χ0n) is 47.4. The second-order valence-electron chi connectivity index (χ2n) is 20.8. The number of carbonyl (C=O) groups excluding carboxylic acids is 2. The van der Waals surface area contributed by atoms with Gasteiger partial charge in [0, 0.05) is 12.8 Å². The monoisotopic (exact) mass is 1030 g/mol. The van der Waals surface area contributed by atoms with Crippen molar-refractivity contribution in [1.29, 1.82) is 0 Å². The van der Waals surface area contributed by atoms with Crippen LogP contribution in [0.1, 0.15) is 245 Å². The molecule has 0 spiro atoms. The second-order valence-corrected chi connectivity index (χ2v) is 22.2. The molecule has 9 nitrogen and oxygen atoms in total. The normalized spacial score (nSPS) is 14.4. The van der Waals surface area contributed by atoms with E-state index in [4.69, 9.17) is 13.8 Å². The van der Waals surface area contributed by atoms with Crippen LogP contribution in [0.5, 0.6) is 0 Å². The SMILES string of the molecule is CC/C=C\C/C=C\C/C=C\C/C=C\C/C=C\C/C=C\CCC(=O)OC(/C=C/CCCCCCCCCCCC)C(COP(=O)(O)OCC[N+](C)(C)C)NC(=O)CCCCCCCCCCCCCCCCC. The number of phosphoric ester groups is 1. The third-order valence-corrected chi connectivity index (χ3v) is 13.6. The molecule has 72 heavy (non-hydrogen) atoms. The Morgan fingerprint density at radius 3 is 1.33 bits per heavy atom. The van der Waals surface area contributed by atoms with Crippen molar-refractivity contribution in [2.24, 2.45) is 0 Å². The van der Waals surface area contributed by atoms with Gasteiger partial charge in [0.2, 0.25) is 5.91 Å². The van der Waals surface area contributed by atoms with Crippen molar-refractivity contribution in [1.82, 2.24) is 5.32 Å².